The summed E-state index contributed by atoms with van der Waals surface area (Å²) in [7, 11) is -4.43. The second-order valence-corrected chi connectivity index (χ2v) is 7.35. The van der Waals surface area contributed by atoms with Crippen molar-refractivity contribution in [2.24, 2.45) is 10.2 Å². The van der Waals surface area contributed by atoms with E-state index in [2.05, 4.69) is 10.2 Å². The molecule has 134 valence electrons. The minimum Gasteiger partial charge on any atom is -0.506 e. The zero-order valence-corrected chi connectivity index (χ0v) is 17.8. The molecule has 4 aromatic rings. The molecule has 0 saturated carbocycles. The van der Waals surface area contributed by atoms with Gasteiger partial charge in [-0.2, -0.15) is 8.42 Å². The zero-order valence-electron chi connectivity index (χ0n) is 14.9. The van der Waals surface area contributed by atoms with Gasteiger partial charge in [0, 0.05) is 10.8 Å². The van der Waals surface area contributed by atoms with Crippen LogP contribution in [0.25, 0.3) is 21.5 Å². The maximum absolute atomic E-state index is 11.7. The minimum atomic E-state index is -4.43. The Bertz CT molecular complexity index is 1320. The van der Waals surface area contributed by atoms with Gasteiger partial charge in [-0.25, -0.2) is 0 Å². The van der Waals surface area contributed by atoms with Crippen LogP contribution in [0.1, 0.15) is 0 Å². The van der Waals surface area contributed by atoms with Crippen molar-refractivity contribution >= 4 is 43.0 Å². The first-order chi connectivity index (χ1) is 12.9. The van der Waals surface area contributed by atoms with Crippen molar-refractivity contribution in [3.05, 3.63) is 72.8 Å². The monoisotopic (exact) mass is 401 g/mol. The third-order valence-electron chi connectivity index (χ3n) is 4.26. The molecule has 0 radical (unpaired) electrons. The quantitative estimate of drug-likeness (QED) is 0.313. The van der Waals surface area contributed by atoms with Crippen molar-refractivity contribution in [3.8, 4) is 5.75 Å². The smallest absolute Gasteiger partial charge is 0.506 e. The van der Waals surface area contributed by atoms with Crippen LogP contribution in [0, 0.1) is 0 Å². The van der Waals surface area contributed by atoms with Gasteiger partial charge in [-0.1, -0.05) is 54.6 Å². The summed E-state index contributed by atoms with van der Waals surface area (Å²) in [5.41, 5.74) is 0.558. The number of hydrogen-bond acceptors (Lipinski definition) is 5. The van der Waals surface area contributed by atoms with E-state index < -0.39 is 10.1 Å². The average molecular weight is 401 g/mol. The standard InChI is InChI=1S/C20H14N2O4S.Na/c23-17-12-11-13-5-1-2-8-15(13)20(17)22-21-16-9-3-6-14-7-4-10-18(19(14)16)27(24,25)26;/h1-12,23H,(H,24,25,26);/q;+1. The van der Waals surface area contributed by atoms with Crippen molar-refractivity contribution in [2.75, 3.05) is 0 Å². The molecule has 0 aliphatic rings. The van der Waals surface area contributed by atoms with Crippen molar-refractivity contribution in [1.82, 2.24) is 0 Å². The summed E-state index contributed by atoms with van der Waals surface area (Å²) in [4.78, 5) is -0.239. The van der Waals surface area contributed by atoms with Crippen LogP contribution in [-0.2, 0) is 10.1 Å². The Balaban J connectivity index is 0.00000225. The molecular weight excluding hydrogens is 387 g/mol. The molecule has 0 amide bonds. The second-order valence-electron chi connectivity index (χ2n) is 5.96. The maximum atomic E-state index is 11.7. The van der Waals surface area contributed by atoms with Gasteiger partial charge in [0.1, 0.15) is 16.3 Å². The van der Waals surface area contributed by atoms with E-state index in [1.54, 1.807) is 36.4 Å². The number of rotatable bonds is 3. The Labute approximate surface area is 183 Å². The first-order valence-corrected chi connectivity index (χ1v) is 9.51. The average Bonchev–Trinajstić information content (AvgIpc) is 2.66. The fourth-order valence-electron chi connectivity index (χ4n) is 3.04. The maximum Gasteiger partial charge on any atom is 1.00 e. The molecule has 8 heteroatoms. The van der Waals surface area contributed by atoms with Crippen LogP contribution < -0.4 is 29.6 Å². The molecular formula is C20H14N2NaO4S+. The van der Waals surface area contributed by atoms with Crippen LogP contribution in [-0.4, -0.2) is 18.1 Å². The van der Waals surface area contributed by atoms with Crippen LogP contribution in [0.4, 0.5) is 11.4 Å². The predicted octanol–water partition coefficient (Wildman–Crippen LogP) is 2.36. The summed E-state index contributed by atoms with van der Waals surface area (Å²) in [6.45, 7) is 0. The molecule has 28 heavy (non-hydrogen) atoms. The Kier molecular flexibility index (Phi) is 5.83. The van der Waals surface area contributed by atoms with E-state index in [0.717, 1.165) is 10.8 Å². The van der Waals surface area contributed by atoms with Crippen LogP contribution >= 0.6 is 0 Å². The summed E-state index contributed by atoms with van der Waals surface area (Å²) in [6.07, 6.45) is 0. The largest absolute Gasteiger partial charge is 1.00 e. The number of azo groups is 1. The number of aromatic hydroxyl groups is 1. The van der Waals surface area contributed by atoms with E-state index in [1.165, 1.54) is 12.1 Å². The molecule has 4 rings (SSSR count). The van der Waals surface area contributed by atoms with Gasteiger partial charge in [0.25, 0.3) is 10.1 Å². The van der Waals surface area contributed by atoms with Gasteiger partial charge in [0.15, 0.2) is 0 Å². The molecule has 0 atom stereocenters. The van der Waals surface area contributed by atoms with Crippen LogP contribution in [0.5, 0.6) is 5.75 Å². The molecule has 0 aliphatic heterocycles. The van der Waals surface area contributed by atoms with E-state index in [-0.39, 0.29) is 57.0 Å². The number of nitrogens with zero attached hydrogens (tertiary/aromatic N) is 2. The Morgan fingerprint density at radius 2 is 1.43 bits per heavy atom. The number of phenolic OH excluding ortho intramolecular Hbond substituents is 1. The number of fused-ring (bicyclic) bond motifs is 2. The molecule has 6 nitrogen and oxygen atoms in total. The third-order valence-corrected chi connectivity index (χ3v) is 5.16. The van der Waals surface area contributed by atoms with Gasteiger partial charge in [-0.3, -0.25) is 4.55 Å². The van der Waals surface area contributed by atoms with Crippen LogP contribution in [0.15, 0.2) is 87.9 Å². The summed E-state index contributed by atoms with van der Waals surface area (Å²) < 4.78 is 33.0. The molecule has 4 aromatic carbocycles. The molecule has 0 spiro atoms. The van der Waals surface area contributed by atoms with Crippen molar-refractivity contribution in [3.63, 3.8) is 0 Å². The predicted molar refractivity (Wildman–Crippen MR) is 104 cm³/mol. The van der Waals surface area contributed by atoms with Gasteiger partial charge >= 0.3 is 29.6 Å². The van der Waals surface area contributed by atoms with Gasteiger partial charge in [0.2, 0.25) is 0 Å². The van der Waals surface area contributed by atoms with Crippen molar-refractivity contribution < 1.29 is 47.6 Å². The van der Waals surface area contributed by atoms with Gasteiger partial charge < -0.3 is 5.11 Å². The minimum absolute atomic E-state index is 0. The summed E-state index contributed by atoms with van der Waals surface area (Å²) in [5, 5.41) is 21.0. The molecule has 2 N–H and O–H groups in total. The SMILES string of the molecule is O=S(=O)(O)c1cccc2cccc(N=Nc3c(O)ccc4ccccc34)c12.[Na+]. The summed E-state index contributed by atoms with van der Waals surface area (Å²) in [5.74, 6) is -0.0345. The molecule has 0 fully saturated rings. The fraction of sp³-hybridized carbons (Fsp3) is 0. The molecule has 0 saturated heterocycles. The van der Waals surface area contributed by atoms with E-state index in [4.69, 9.17) is 0 Å². The van der Waals surface area contributed by atoms with E-state index in [9.17, 15) is 18.1 Å². The Morgan fingerprint density at radius 1 is 0.750 bits per heavy atom. The first-order valence-electron chi connectivity index (χ1n) is 8.07. The Morgan fingerprint density at radius 3 is 2.18 bits per heavy atom. The summed E-state index contributed by atoms with van der Waals surface area (Å²) >= 11 is 0. The second kappa shape index (κ2) is 7.98. The Hall–Kier alpha value is -2.29. The topological polar surface area (TPSA) is 99.3 Å². The number of phenols is 1. The molecule has 0 aliphatic carbocycles. The number of benzene rings is 4. The van der Waals surface area contributed by atoms with Crippen LogP contribution in [0.3, 0.4) is 0 Å². The molecule has 0 aromatic heterocycles. The first kappa shape index (κ1) is 20.4. The summed E-state index contributed by atoms with van der Waals surface area (Å²) in [6, 6.07) is 20.3. The van der Waals surface area contributed by atoms with Gasteiger partial charge in [-0.05, 0) is 29.0 Å². The van der Waals surface area contributed by atoms with Crippen molar-refractivity contribution in [1.29, 1.82) is 0 Å². The molecule has 0 bridgehead atoms. The normalized spacial score (nSPS) is 11.8. The van der Waals surface area contributed by atoms with Crippen LogP contribution in [0.2, 0.25) is 0 Å². The molecule has 0 unspecified atom stereocenters. The van der Waals surface area contributed by atoms with Crippen molar-refractivity contribution in [2.45, 2.75) is 4.90 Å². The van der Waals surface area contributed by atoms with E-state index in [1.807, 2.05) is 24.3 Å². The molecule has 0 heterocycles. The van der Waals surface area contributed by atoms with Gasteiger partial charge in [-0.15, -0.1) is 10.2 Å². The fourth-order valence-corrected chi connectivity index (χ4v) is 3.77. The number of hydrogen-bond donors (Lipinski definition) is 2. The zero-order chi connectivity index (χ0) is 19.0. The van der Waals surface area contributed by atoms with Gasteiger partial charge in [0.05, 0.1) is 5.69 Å². The van der Waals surface area contributed by atoms with E-state index >= 15 is 0 Å². The third kappa shape index (κ3) is 3.80. The van der Waals surface area contributed by atoms with E-state index in [0.29, 0.717) is 5.39 Å².